The molecule has 4 aliphatic carbocycles. The molecule has 7 atom stereocenters. The van der Waals surface area contributed by atoms with E-state index in [2.05, 4.69) is 47.6 Å². The summed E-state index contributed by atoms with van der Waals surface area (Å²) in [4.78, 5) is 23.6. The minimum Gasteiger partial charge on any atom is -0.466 e. The van der Waals surface area contributed by atoms with E-state index in [-0.39, 0.29) is 34.3 Å². The highest BCUT2D eigenvalue weighted by atomic mass is 16.5. The molecule has 4 aliphatic rings. The van der Waals surface area contributed by atoms with Crippen LogP contribution in [0.2, 0.25) is 0 Å². The smallest absolute Gasteiger partial charge is 0.333 e. The number of carbonyl (C=O) groups is 2. The van der Waals surface area contributed by atoms with Gasteiger partial charge in [0.25, 0.3) is 0 Å². The van der Waals surface area contributed by atoms with Crippen molar-refractivity contribution in [3.8, 4) is 0 Å². The zero-order chi connectivity index (χ0) is 27.4. The number of hydrogen-bond acceptors (Lipinski definition) is 4. The van der Waals surface area contributed by atoms with Gasteiger partial charge in [0.05, 0.1) is 7.11 Å². The Hall–Kier alpha value is -1.58. The van der Waals surface area contributed by atoms with Crippen LogP contribution in [0, 0.1) is 39.4 Å². The highest BCUT2D eigenvalue weighted by molar-refractivity contribution is 5.87. The van der Waals surface area contributed by atoms with E-state index in [0.29, 0.717) is 17.3 Å². The second-order valence-corrected chi connectivity index (χ2v) is 14.3. The van der Waals surface area contributed by atoms with Crippen LogP contribution in [-0.2, 0) is 19.1 Å². The van der Waals surface area contributed by atoms with Gasteiger partial charge in [-0.1, -0.05) is 58.8 Å². The molecule has 0 aromatic rings. The Bertz CT molecular complexity index is 988. The van der Waals surface area contributed by atoms with Gasteiger partial charge >= 0.3 is 11.9 Å². The molecule has 0 aromatic heterocycles. The van der Waals surface area contributed by atoms with Crippen molar-refractivity contribution < 1.29 is 19.1 Å². The van der Waals surface area contributed by atoms with E-state index in [1.165, 1.54) is 45.6 Å². The van der Waals surface area contributed by atoms with E-state index in [1.54, 1.807) is 18.1 Å². The summed E-state index contributed by atoms with van der Waals surface area (Å²) in [5.41, 5.74) is 5.14. The third-order valence-electron chi connectivity index (χ3n) is 12.3. The van der Waals surface area contributed by atoms with Gasteiger partial charge in [-0.05, 0) is 105 Å². The molecule has 0 spiro atoms. The van der Waals surface area contributed by atoms with Gasteiger partial charge in [0, 0.05) is 17.9 Å². The number of rotatable bonds is 6. The monoisotopic (exact) mass is 512 g/mol. The summed E-state index contributed by atoms with van der Waals surface area (Å²) in [6.07, 6.45) is 13.8. The third kappa shape index (κ3) is 4.42. The summed E-state index contributed by atoms with van der Waals surface area (Å²) in [5.74, 6) is 1.57. The van der Waals surface area contributed by atoms with Crippen LogP contribution in [0.4, 0.5) is 0 Å². The molecule has 0 heterocycles. The Morgan fingerprint density at radius 2 is 1.68 bits per heavy atom. The maximum atomic E-state index is 11.8. The Morgan fingerprint density at radius 3 is 2.32 bits per heavy atom. The van der Waals surface area contributed by atoms with Gasteiger partial charge in [-0.15, -0.1) is 0 Å². The summed E-state index contributed by atoms with van der Waals surface area (Å²) in [7, 11) is 1.45. The lowest BCUT2D eigenvalue weighted by molar-refractivity contribution is -0.167. The van der Waals surface area contributed by atoms with Crippen LogP contribution in [0.1, 0.15) is 120 Å². The number of allylic oxidation sites excluding steroid dienone is 3. The minimum atomic E-state index is -0.214. The SMILES string of the molecule is COC(=O)/C(C)=C/CC[C@@H](C)[C@H]1CC[C@]2(C)C3=C(CC[C@@]12C)[C@@]1(C)CC[C@@H](OC(C)=O)C(C)(C)[C@@H]1CC3. The van der Waals surface area contributed by atoms with E-state index in [9.17, 15) is 9.59 Å². The van der Waals surface area contributed by atoms with Gasteiger partial charge in [0.1, 0.15) is 6.10 Å². The van der Waals surface area contributed by atoms with Crippen molar-refractivity contribution >= 4 is 11.9 Å². The lowest BCUT2D eigenvalue weighted by Gasteiger charge is -2.62. The lowest BCUT2D eigenvalue weighted by atomic mass is 9.43. The molecule has 0 unspecified atom stereocenters. The van der Waals surface area contributed by atoms with Crippen LogP contribution in [0.3, 0.4) is 0 Å². The van der Waals surface area contributed by atoms with Crippen LogP contribution < -0.4 is 0 Å². The van der Waals surface area contributed by atoms with E-state index >= 15 is 0 Å². The largest absolute Gasteiger partial charge is 0.466 e. The molecule has 4 rings (SSSR count). The zero-order valence-electron chi connectivity index (χ0n) is 25.1. The van der Waals surface area contributed by atoms with Crippen molar-refractivity contribution in [3.05, 3.63) is 22.8 Å². The number of carbonyl (C=O) groups excluding carboxylic acids is 2. The van der Waals surface area contributed by atoms with Crippen LogP contribution in [0.5, 0.6) is 0 Å². The van der Waals surface area contributed by atoms with E-state index in [1.807, 2.05) is 6.92 Å². The summed E-state index contributed by atoms with van der Waals surface area (Å²) in [5, 5.41) is 0. The van der Waals surface area contributed by atoms with Crippen LogP contribution in [-0.4, -0.2) is 25.2 Å². The maximum absolute atomic E-state index is 11.8. The molecular formula is C33H52O4. The van der Waals surface area contributed by atoms with Crippen LogP contribution in [0.15, 0.2) is 22.8 Å². The quantitative estimate of drug-likeness (QED) is 0.204. The van der Waals surface area contributed by atoms with Gasteiger partial charge in [-0.3, -0.25) is 4.79 Å². The first-order chi connectivity index (χ1) is 17.2. The fraction of sp³-hybridized carbons (Fsp3) is 0.818. The van der Waals surface area contributed by atoms with E-state index < -0.39 is 0 Å². The average molecular weight is 513 g/mol. The Morgan fingerprint density at radius 1 is 0.973 bits per heavy atom. The molecule has 0 amide bonds. The minimum absolute atomic E-state index is 0.00142. The first-order valence-corrected chi connectivity index (χ1v) is 14.9. The lowest BCUT2D eigenvalue weighted by Crippen LogP contribution is -2.55. The van der Waals surface area contributed by atoms with Crippen molar-refractivity contribution in [3.63, 3.8) is 0 Å². The predicted octanol–water partition coefficient (Wildman–Crippen LogP) is 8.20. The van der Waals surface area contributed by atoms with Crippen molar-refractivity contribution in [2.75, 3.05) is 7.11 Å². The summed E-state index contributed by atoms with van der Waals surface area (Å²) < 4.78 is 10.7. The number of hydrogen-bond donors (Lipinski definition) is 0. The highest BCUT2D eigenvalue weighted by Crippen LogP contribution is 2.72. The van der Waals surface area contributed by atoms with Gasteiger partial charge in [0.15, 0.2) is 0 Å². The number of methoxy groups -OCH3 is 1. The summed E-state index contributed by atoms with van der Waals surface area (Å²) >= 11 is 0. The van der Waals surface area contributed by atoms with Gasteiger partial charge in [0.2, 0.25) is 0 Å². The second-order valence-electron chi connectivity index (χ2n) is 14.3. The number of fused-ring (bicyclic) bond motifs is 4. The fourth-order valence-corrected chi connectivity index (χ4v) is 10.0. The second kappa shape index (κ2) is 9.87. The van der Waals surface area contributed by atoms with Crippen LogP contribution >= 0.6 is 0 Å². The molecule has 4 heteroatoms. The third-order valence-corrected chi connectivity index (χ3v) is 12.3. The Kier molecular flexibility index (Phi) is 7.58. The Labute approximate surface area is 226 Å². The maximum Gasteiger partial charge on any atom is 0.333 e. The molecule has 37 heavy (non-hydrogen) atoms. The molecule has 4 nitrogen and oxygen atoms in total. The van der Waals surface area contributed by atoms with Gasteiger partial charge in [-0.25, -0.2) is 4.79 Å². The topological polar surface area (TPSA) is 52.6 Å². The first kappa shape index (κ1) is 28.4. The van der Waals surface area contributed by atoms with E-state index in [4.69, 9.17) is 9.47 Å². The van der Waals surface area contributed by atoms with Gasteiger partial charge < -0.3 is 9.47 Å². The van der Waals surface area contributed by atoms with Crippen LogP contribution in [0.25, 0.3) is 0 Å². The Balaban J connectivity index is 1.57. The molecular weight excluding hydrogens is 460 g/mol. The highest BCUT2D eigenvalue weighted by Gasteiger charge is 2.63. The molecule has 2 fully saturated rings. The van der Waals surface area contributed by atoms with Crippen molar-refractivity contribution in [1.82, 2.24) is 0 Å². The standard InChI is InChI=1S/C33H52O4/c1-21(11-10-12-22(2)29(35)36-9)24-15-19-33(8)26-13-14-27-30(4,5)28(37-23(3)34)17-18-31(27,6)25(26)16-20-32(24,33)7/h12,21,24,27-28H,10-11,13-20H2,1-9H3/b22-12+/t21-,24-,27+,28-,31-,32+,33-/m1/s1. The van der Waals surface area contributed by atoms with Crippen molar-refractivity contribution in [2.24, 2.45) is 39.4 Å². The normalized spacial score (nSPS) is 39.8. The molecule has 0 radical (unpaired) electrons. The number of ether oxygens (including phenoxy) is 2. The van der Waals surface area contributed by atoms with Crippen molar-refractivity contribution in [1.29, 1.82) is 0 Å². The molecule has 0 saturated heterocycles. The number of esters is 2. The van der Waals surface area contributed by atoms with E-state index in [0.717, 1.165) is 37.2 Å². The first-order valence-electron chi connectivity index (χ1n) is 14.9. The molecule has 0 bridgehead atoms. The van der Waals surface area contributed by atoms with Crippen molar-refractivity contribution in [2.45, 2.75) is 126 Å². The molecule has 0 aromatic carbocycles. The molecule has 208 valence electrons. The average Bonchev–Trinajstić information content (AvgIpc) is 3.11. The zero-order valence-corrected chi connectivity index (χ0v) is 25.1. The summed E-state index contributed by atoms with van der Waals surface area (Å²) in [6.45, 7) is 18.3. The molecule has 2 saturated carbocycles. The molecule has 0 aliphatic heterocycles. The molecule has 0 N–H and O–H groups in total. The predicted molar refractivity (Wildman–Crippen MR) is 149 cm³/mol. The van der Waals surface area contributed by atoms with Gasteiger partial charge in [-0.2, -0.15) is 0 Å². The summed E-state index contributed by atoms with van der Waals surface area (Å²) in [6, 6.07) is 0. The fourth-order valence-electron chi connectivity index (χ4n) is 10.0.